The predicted molar refractivity (Wildman–Crippen MR) is 75.5 cm³/mol. The van der Waals surface area contributed by atoms with Crippen LogP contribution in [0.15, 0.2) is 24.3 Å². The van der Waals surface area contributed by atoms with E-state index in [1.165, 1.54) is 4.70 Å². The molecule has 0 saturated carbocycles. The molecule has 2 aromatic rings. The van der Waals surface area contributed by atoms with Crippen LogP contribution in [0.25, 0.3) is 10.2 Å². The van der Waals surface area contributed by atoms with E-state index in [1.807, 2.05) is 39.1 Å². The van der Waals surface area contributed by atoms with Crippen molar-refractivity contribution in [3.05, 3.63) is 29.3 Å². The van der Waals surface area contributed by atoms with E-state index in [0.29, 0.717) is 6.54 Å². The Morgan fingerprint density at radius 2 is 2.17 bits per heavy atom. The quantitative estimate of drug-likeness (QED) is 0.847. The second-order valence-electron chi connectivity index (χ2n) is 4.58. The number of carbonyl (C=O) groups is 1. The first-order valence-corrected chi connectivity index (χ1v) is 7.03. The number of rotatable bonds is 4. The molecule has 1 atom stereocenters. The summed E-state index contributed by atoms with van der Waals surface area (Å²) in [6.07, 6.45) is 0.878. The van der Waals surface area contributed by atoms with Crippen LogP contribution >= 0.6 is 11.3 Å². The zero-order chi connectivity index (χ0) is 13.1. The molecule has 0 spiro atoms. The molecule has 0 N–H and O–H groups in total. The third-order valence-corrected chi connectivity index (χ3v) is 4.14. The first-order chi connectivity index (χ1) is 8.61. The fraction of sp³-hybridized carbons (Fsp3) is 0.429. The van der Waals surface area contributed by atoms with Crippen molar-refractivity contribution >= 4 is 27.5 Å². The Morgan fingerprint density at radius 1 is 1.44 bits per heavy atom. The molecule has 96 valence electrons. The Hall–Kier alpha value is -1.42. The fourth-order valence-electron chi connectivity index (χ4n) is 1.82. The number of carbonyl (C=O) groups excluding carboxylic acids is 1. The minimum Gasteiger partial charge on any atom is -0.339 e. The molecule has 2 rings (SSSR count). The topological polar surface area (TPSA) is 33.2 Å². The van der Waals surface area contributed by atoms with E-state index < -0.39 is 0 Å². The summed E-state index contributed by atoms with van der Waals surface area (Å²) in [5.41, 5.74) is 1.02. The van der Waals surface area contributed by atoms with Crippen LogP contribution in [0, 0.1) is 5.92 Å². The number of para-hydroxylation sites is 1. The second-order valence-corrected chi connectivity index (χ2v) is 5.69. The number of hydrogen-bond acceptors (Lipinski definition) is 3. The van der Waals surface area contributed by atoms with Crippen LogP contribution in [0.1, 0.15) is 25.3 Å². The molecule has 0 bridgehead atoms. The van der Waals surface area contributed by atoms with Gasteiger partial charge in [-0.05, 0) is 18.6 Å². The minimum atomic E-state index is 0.0874. The average molecular weight is 262 g/mol. The molecule has 1 heterocycles. The van der Waals surface area contributed by atoms with E-state index >= 15 is 0 Å². The zero-order valence-corrected chi connectivity index (χ0v) is 11.8. The molecule has 1 aromatic carbocycles. The van der Waals surface area contributed by atoms with Crippen LogP contribution in [0.3, 0.4) is 0 Å². The summed E-state index contributed by atoms with van der Waals surface area (Å²) in [6, 6.07) is 8.07. The number of amides is 1. The second kappa shape index (κ2) is 5.48. The normalized spacial score (nSPS) is 12.6. The largest absolute Gasteiger partial charge is 0.339 e. The van der Waals surface area contributed by atoms with E-state index in [1.54, 1.807) is 16.2 Å². The molecular weight excluding hydrogens is 244 g/mol. The SMILES string of the molecule is CCC(C)C(=O)N(C)Cc1nc2ccccc2s1. The third kappa shape index (κ3) is 2.70. The Balaban J connectivity index is 2.11. The maximum Gasteiger partial charge on any atom is 0.225 e. The summed E-state index contributed by atoms with van der Waals surface area (Å²) < 4.78 is 1.18. The molecule has 18 heavy (non-hydrogen) atoms. The van der Waals surface area contributed by atoms with E-state index in [9.17, 15) is 4.79 Å². The van der Waals surface area contributed by atoms with Gasteiger partial charge in [-0.2, -0.15) is 0 Å². The van der Waals surface area contributed by atoms with Crippen LogP contribution < -0.4 is 0 Å². The highest BCUT2D eigenvalue weighted by Crippen LogP contribution is 2.22. The van der Waals surface area contributed by atoms with Gasteiger partial charge in [-0.1, -0.05) is 26.0 Å². The molecule has 1 amide bonds. The van der Waals surface area contributed by atoms with Gasteiger partial charge in [0.25, 0.3) is 0 Å². The van der Waals surface area contributed by atoms with Crippen LogP contribution in [0.4, 0.5) is 0 Å². The lowest BCUT2D eigenvalue weighted by molar-refractivity contribution is -0.134. The van der Waals surface area contributed by atoms with Gasteiger partial charge in [-0.15, -0.1) is 11.3 Å². The fourth-order valence-corrected chi connectivity index (χ4v) is 2.84. The maximum atomic E-state index is 12.0. The Kier molecular flexibility index (Phi) is 3.97. The Labute approximate surface area is 111 Å². The van der Waals surface area contributed by atoms with Gasteiger partial charge < -0.3 is 4.90 Å². The molecule has 1 unspecified atom stereocenters. The van der Waals surface area contributed by atoms with Crippen LogP contribution in [0.2, 0.25) is 0 Å². The lowest BCUT2D eigenvalue weighted by Crippen LogP contribution is -2.30. The van der Waals surface area contributed by atoms with Crippen molar-refractivity contribution in [3.63, 3.8) is 0 Å². The first-order valence-electron chi connectivity index (χ1n) is 6.21. The van der Waals surface area contributed by atoms with Gasteiger partial charge in [0.05, 0.1) is 16.8 Å². The lowest BCUT2D eigenvalue weighted by Gasteiger charge is -2.19. The molecule has 0 fully saturated rings. The monoisotopic (exact) mass is 262 g/mol. The highest BCUT2D eigenvalue weighted by Gasteiger charge is 2.17. The van der Waals surface area contributed by atoms with Crippen molar-refractivity contribution < 1.29 is 4.79 Å². The van der Waals surface area contributed by atoms with E-state index in [-0.39, 0.29) is 11.8 Å². The lowest BCUT2D eigenvalue weighted by atomic mass is 10.1. The van der Waals surface area contributed by atoms with Gasteiger partial charge in [0.1, 0.15) is 5.01 Å². The smallest absolute Gasteiger partial charge is 0.225 e. The van der Waals surface area contributed by atoms with Crippen molar-refractivity contribution in [1.82, 2.24) is 9.88 Å². The molecule has 1 aromatic heterocycles. The third-order valence-electron chi connectivity index (χ3n) is 3.12. The number of fused-ring (bicyclic) bond motifs is 1. The van der Waals surface area contributed by atoms with Crippen LogP contribution in [0.5, 0.6) is 0 Å². The van der Waals surface area contributed by atoms with Crippen LogP contribution in [-0.4, -0.2) is 22.8 Å². The minimum absolute atomic E-state index is 0.0874. The predicted octanol–water partition coefficient (Wildman–Crippen LogP) is 3.30. The highest BCUT2D eigenvalue weighted by molar-refractivity contribution is 7.18. The van der Waals surface area contributed by atoms with Crippen molar-refractivity contribution in [2.75, 3.05) is 7.05 Å². The molecule has 0 radical (unpaired) electrons. The van der Waals surface area contributed by atoms with Gasteiger partial charge in [0.15, 0.2) is 0 Å². The van der Waals surface area contributed by atoms with Gasteiger partial charge in [-0.3, -0.25) is 4.79 Å². The van der Waals surface area contributed by atoms with Gasteiger partial charge in [0.2, 0.25) is 5.91 Å². The molecule has 0 saturated heterocycles. The zero-order valence-electron chi connectivity index (χ0n) is 11.0. The summed E-state index contributed by atoms with van der Waals surface area (Å²) >= 11 is 1.66. The van der Waals surface area contributed by atoms with Crippen molar-refractivity contribution in [2.45, 2.75) is 26.8 Å². The summed E-state index contributed by atoms with van der Waals surface area (Å²) in [6.45, 7) is 4.60. The van der Waals surface area contributed by atoms with Crippen molar-refractivity contribution in [2.24, 2.45) is 5.92 Å². The number of aromatic nitrogens is 1. The highest BCUT2D eigenvalue weighted by atomic mass is 32.1. The molecule has 0 aliphatic rings. The summed E-state index contributed by atoms with van der Waals surface area (Å²) in [4.78, 5) is 18.3. The van der Waals surface area contributed by atoms with E-state index in [0.717, 1.165) is 16.9 Å². The van der Waals surface area contributed by atoms with Gasteiger partial charge in [0, 0.05) is 13.0 Å². The van der Waals surface area contributed by atoms with Gasteiger partial charge in [-0.25, -0.2) is 4.98 Å². The number of benzene rings is 1. The van der Waals surface area contributed by atoms with E-state index in [2.05, 4.69) is 11.1 Å². The Bertz CT molecular complexity index is 516. The first kappa shape index (κ1) is 13.0. The number of thiazole rings is 1. The van der Waals surface area contributed by atoms with Crippen LogP contribution in [-0.2, 0) is 11.3 Å². The van der Waals surface area contributed by atoms with E-state index in [4.69, 9.17) is 0 Å². The number of nitrogens with zero attached hydrogens (tertiary/aromatic N) is 2. The van der Waals surface area contributed by atoms with Crippen molar-refractivity contribution in [3.8, 4) is 0 Å². The standard InChI is InChI=1S/C14H18N2OS/c1-4-10(2)14(17)16(3)9-13-15-11-7-5-6-8-12(11)18-13/h5-8,10H,4,9H2,1-3H3. The summed E-state index contributed by atoms with van der Waals surface area (Å²) in [5, 5.41) is 0.996. The van der Waals surface area contributed by atoms with Gasteiger partial charge >= 0.3 is 0 Å². The maximum absolute atomic E-state index is 12.0. The number of hydrogen-bond donors (Lipinski definition) is 0. The molecular formula is C14H18N2OS. The summed E-state index contributed by atoms with van der Waals surface area (Å²) in [5.74, 6) is 0.279. The van der Waals surface area contributed by atoms with Crippen molar-refractivity contribution in [1.29, 1.82) is 0 Å². The molecule has 0 aliphatic carbocycles. The molecule has 4 heteroatoms. The summed E-state index contributed by atoms with van der Waals surface area (Å²) in [7, 11) is 1.85. The molecule has 3 nitrogen and oxygen atoms in total. The Morgan fingerprint density at radius 3 is 2.83 bits per heavy atom. The average Bonchev–Trinajstić information content (AvgIpc) is 2.78. The molecule has 0 aliphatic heterocycles.